The molecule has 2 N–H and O–H groups in total. The molecule has 0 atom stereocenters. The average molecular weight is 339 g/mol. The lowest BCUT2D eigenvalue weighted by molar-refractivity contribution is -0.121. The highest BCUT2D eigenvalue weighted by molar-refractivity contribution is 5.75. The number of carbonyl (C=O) groups excluding carboxylic acids is 1. The number of hydrogen-bond donors (Lipinski definition) is 2. The van der Waals surface area contributed by atoms with Crippen molar-refractivity contribution in [1.29, 1.82) is 0 Å². The molecule has 1 amide bonds. The SMILES string of the molecule is Cc1nc(NCCNC(=O)Cn2cccc2)cc(-n2ccnc2C)n1. The van der Waals surface area contributed by atoms with Crippen LogP contribution in [0.25, 0.3) is 5.82 Å². The molecule has 8 heteroatoms. The fraction of sp³-hybridized carbons (Fsp3) is 0.294. The average Bonchev–Trinajstić information content (AvgIpc) is 3.22. The second kappa shape index (κ2) is 7.61. The number of amides is 1. The Morgan fingerprint density at radius 3 is 2.64 bits per heavy atom. The lowest BCUT2D eigenvalue weighted by Crippen LogP contribution is -2.31. The first-order valence-electron chi connectivity index (χ1n) is 8.09. The molecule has 130 valence electrons. The Morgan fingerprint density at radius 2 is 1.92 bits per heavy atom. The van der Waals surface area contributed by atoms with E-state index in [-0.39, 0.29) is 5.91 Å². The van der Waals surface area contributed by atoms with Gasteiger partial charge in [0, 0.05) is 43.9 Å². The van der Waals surface area contributed by atoms with Crippen molar-refractivity contribution >= 4 is 11.7 Å². The van der Waals surface area contributed by atoms with Gasteiger partial charge in [-0.3, -0.25) is 9.36 Å². The van der Waals surface area contributed by atoms with Gasteiger partial charge < -0.3 is 15.2 Å². The number of hydrogen-bond acceptors (Lipinski definition) is 5. The summed E-state index contributed by atoms with van der Waals surface area (Å²) in [4.78, 5) is 24.9. The summed E-state index contributed by atoms with van der Waals surface area (Å²) in [5, 5.41) is 6.09. The van der Waals surface area contributed by atoms with Crippen molar-refractivity contribution < 1.29 is 4.79 Å². The number of nitrogens with one attached hydrogen (secondary N) is 2. The van der Waals surface area contributed by atoms with Gasteiger partial charge in [-0.05, 0) is 26.0 Å². The van der Waals surface area contributed by atoms with E-state index >= 15 is 0 Å². The minimum absolute atomic E-state index is 0.0217. The first-order valence-corrected chi connectivity index (χ1v) is 8.09. The van der Waals surface area contributed by atoms with Crippen molar-refractivity contribution in [3.8, 4) is 5.82 Å². The van der Waals surface area contributed by atoms with E-state index in [0.29, 0.717) is 25.5 Å². The van der Waals surface area contributed by atoms with Crippen LogP contribution in [0.3, 0.4) is 0 Å². The third-order valence-electron chi connectivity index (χ3n) is 3.64. The van der Waals surface area contributed by atoms with Gasteiger partial charge in [-0.2, -0.15) is 0 Å². The van der Waals surface area contributed by atoms with E-state index in [0.717, 1.165) is 17.5 Å². The van der Waals surface area contributed by atoms with Gasteiger partial charge >= 0.3 is 0 Å². The first-order chi connectivity index (χ1) is 12.1. The molecule has 0 aliphatic rings. The van der Waals surface area contributed by atoms with Crippen molar-refractivity contribution in [2.75, 3.05) is 18.4 Å². The van der Waals surface area contributed by atoms with Gasteiger partial charge in [0.05, 0.1) is 0 Å². The van der Waals surface area contributed by atoms with E-state index in [9.17, 15) is 4.79 Å². The first kappa shape index (κ1) is 16.7. The number of aryl methyl sites for hydroxylation is 2. The monoisotopic (exact) mass is 339 g/mol. The van der Waals surface area contributed by atoms with Crippen molar-refractivity contribution in [2.45, 2.75) is 20.4 Å². The Bertz CT molecular complexity index is 839. The summed E-state index contributed by atoms with van der Waals surface area (Å²) in [7, 11) is 0. The zero-order chi connectivity index (χ0) is 17.6. The summed E-state index contributed by atoms with van der Waals surface area (Å²) < 4.78 is 3.73. The van der Waals surface area contributed by atoms with Gasteiger partial charge in [0.25, 0.3) is 0 Å². The zero-order valence-electron chi connectivity index (χ0n) is 14.3. The fourth-order valence-corrected chi connectivity index (χ4v) is 2.48. The topological polar surface area (TPSA) is 89.7 Å². The summed E-state index contributed by atoms with van der Waals surface area (Å²) in [6, 6.07) is 5.65. The molecule has 0 fully saturated rings. The summed E-state index contributed by atoms with van der Waals surface area (Å²) in [6.07, 6.45) is 7.32. The van der Waals surface area contributed by atoms with Crippen molar-refractivity contribution in [3.05, 3.63) is 54.6 Å². The summed E-state index contributed by atoms with van der Waals surface area (Å²) in [6.45, 7) is 5.19. The van der Waals surface area contributed by atoms with Crippen LogP contribution >= 0.6 is 0 Å². The van der Waals surface area contributed by atoms with Gasteiger partial charge in [-0.15, -0.1) is 0 Å². The largest absolute Gasteiger partial charge is 0.368 e. The molecule has 3 rings (SSSR count). The summed E-state index contributed by atoms with van der Waals surface area (Å²) >= 11 is 0. The van der Waals surface area contributed by atoms with Crippen LogP contribution in [0, 0.1) is 13.8 Å². The Morgan fingerprint density at radius 1 is 1.12 bits per heavy atom. The van der Waals surface area contributed by atoms with Crippen LogP contribution in [0.5, 0.6) is 0 Å². The number of nitrogens with zero attached hydrogens (tertiary/aromatic N) is 5. The molecular weight excluding hydrogens is 318 g/mol. The lowest BCUT2D eigenvalue weighted by atomic mass is 10.4. The molecule has 0 spiro atoms. The molecular formula is C17H21N7O. The minimum atomic E-state index is -0.0217. The van der Waals surface area contributed by atoms with Gasteiger partial charge in [0.1, 0.15) is 29.8 Å². The molecule has 25 heavy (non-hydrogen) atoms. The number of carbonyl (C=O) groups is 1. The highest BCUT2D eigenvalue weighted by Gasteiger charge is 2.06. The highest BCUT2D eigenvalue weighted by atomic mass is 16.1. The van der Waals surface area contributed by atoms with E-state index in [4.69, 9.17) is 0 Å². The molecule has 0 saturated heterocycles. The summed E-state index contributed by atoms with van der Waals surface area (Å²) in [5.41, 5.74) is 0. The van der Waals surface area contributed by atoms with E-state index < -0.39 is 0 Å². The van der Waals surface area contributed by atoms with Gasteiger partial charge in [0.15, 0.2) is 0 Å². The normalized spacial score (nSPS) is 10.6. The quantitative estimate of drug-likeness (QED) is 0.634. The van der Waals surface area contributed by atoms with E-state index in [1.54, 1.807) is 6.20 Å². The molecule has 3 aromatic heterocycles. The van der Waals surface area contributed by atoms with Crippen LogP contribution in [0.15, 0.2) is 43.0 Å². The maximum absolute atomic E-state index is 11.8. The van der Waals surface area contributed by atoms with Crippen LogP contribution < -0.4 is 10.6 Å². The molecule has 3 aromatic rings. The predicted molar refractivity (Wildman–Crippen MR) is 94.6 cm³/mol. The molecule has 8 nitrogen and oxygen atoms in total. The zero-order valence-corrected chi connectivity index (χ0v) is 14.3. The predicted octanol–water partition coefficient (Wildman–Crippen LogP) is 1.31. The number of rotatable bonds is 7. The molecule has 0 aliphatic carbocycles. The van der Waals surface area contributed by atoms with E-state index in [2.05, 4.69) is 25.6 Å². The molecule has 0 aromatic carbocycles. The molecule has 3 heterocycles. The molecule has 0 unspecified atom stereocenters. The number of anilines is 1. The smallest absolute Gasteiger partial charge is 0.239 e. The van der Waals surface area contributed by atoms with Crippen molar-refractivity contribution in [3.63, 3.8) is 0 Å². The number of aromatic nitrogens is 5. The van der Waals surface area contributed by atoms with E-state index in [1.807, 2.05) is 59.8 Å². The minimum Gasteiger partial charge on any atom is -0.368 e. The molecule has 0 aliphatic heterocycles. The molecule has 0 saturated carbocycles. The van der Waals surface area contributed by atoms with Crippen LogP contribution in [0.2, 0.25) is 0 Å². The van der Waals surface area contributed by atoms with Gasteiger partial charge in [0.2, 0.25) is 5.91 Å². The fourth-order valence-electron chi connectivity index (χ4n) is 2.48. The summed E-state index contributed by atoms with van der Waals surface area (Å²) in [5.74, 6) is 2.99. The van der Waals surface area contributed by atoms with Crippen LogP contribution in [0.1, 0.15) is 11.6 Å². The maximum Gasteiger partial charge on any atom is 0.239 e. The third-order valence-corrected chi connectivity index (χ3v) is 3.64. The van der Waals surface area contributed by atoms with Crippen LogP contribution in [0.4, 0.5) is 5.82 Å². The Kier molecular flexibility index (Phi) is 5.08. The van der Waals surface area contributed by atoms with Crippen LogP contribution in [-0.2, 0) is 11.3 Å². The maximum atomic E-state index is 11.8. The highest BCUT2D eigenvalue weighted by Crippen LogP contribution is 2.12. The van der Waals surface area contributed by atoms with Gasteiger partial charge in [-0.25, -0.2) is 15.0 Å². The van der Waals surface area contributed by atoms with Crippen LogP contribution in [-0.4, -0.2) is 43.1 Å². The van der Waals surface area contributed by atoms with Crippen molar-refractivity contribution in [2.24, 2.45) is 0 Å². The van der Waals surface area contributed by atoms with Crippen molar-refractivity contribution in [1.82, 2.24) is 29.4 Å². The van der Waals surface area contributed by atoms with E-state index in [1.165, 1.54) is 0 Å². The standard InChI is InChI=1S/C17H21N7O/c1-13-21-15(11-16(22-13)24-10-7-18-14(24)2)19-5-6-20-17(25)12-23-8-3-4-9-23/h3-4,7-11H,5-6,12H2,1-2H3,(H,20,25)(H,19,21,22). The molecule has 0 bridgehead atoms. The second-order valence-corrected chi connectivity index (χ2v) is 5.64. The Balaban J connectivity index is 1.52. The molecule has 0 radical (unpaired) electrons. The second-order valence-electron chi connectivity index (χ2n) is 5.64. The third kappa shape index (κ3) is 4.43. The van der Waals surface area contributed by atoms with Gasteiger partial charge in [-0.1, -0.05) is 0 Å². The number of imidazole rings is 1. The Hall–Kier alpha value is -3.16. The Labute approximate surface area is 145 Å². The lowest BCUT2D eigenvalue weighted by Gasteiger charge is -2.11.